The molecule has 5 nitrogen and oxygen atoms in total. The van der Waals surface area contributed by atoms with E-state index in [0.29, 0.717) is 18.5 Å². The number of hydrogen-bond donors (Lipinski definition) is 0. The van der Waals surface area contributed by atoms with Crippen molar-refractivity contribution in [2.45, 2.75) is 65.7 Å². The predicted octanol–water partition coefficient (Wildman–Crippen LogP) is 16.1. The van der Waals surface area contributed by atoms with Crippen molar-refractivity contribution in [3.05, 3.63) is 193 Å². The van der Waals surface area contributed by atoms with E-state index in [1.807, 2.05) is 6.20 Å². The minimum atomic E-state index is 0.0896. The molecule has 312 valence electrons. The Balaban J connectivity index is 1.11. The van der Waals surface area contributed by atoms with Gasteiger partial charge >= 0.3 is 0 Å². The Bertz CT molecular complexity index is 3090. The first kappa shape index (κ1) is 40.0. The van der Waals surface area contributed by atoms with Crippen LogP contribution in [0.4, 0.5) is 22.7 Å². The molecule has 0 spiro atoms. The summed E-state index contributed by atoms with van der Waals surface area (Å²) in [6.07, 6.45) is 1.92. The molecule has 10 rings (SSSR count). The van der Waals surface area contributed by atoms with Gasteiger partial charge in [-0.3, -0.25) is 4.57 Å². The van der Waals surface area contributed by atoms with E-state index in [1.54, 1.807) is 0 Å². The maximum atomic E-state index is 7.09. The number of nitrogens with zero attached hydrogens (tertiary/aromatic N) is 4. The Morgan fingerprint density at radius 1 is 0.508 bits per heavy atom. The number of ether oxygens (including phenoxy) is 1. The van der Waals surface area contributed by atoms with Crippen LogP contribution in [0.5, 0.6) is 11.5 Å². The van der Waals surface area contributed by atoms with Gasteiger partial charge in [0.05, 0.1) is 22.4 Å². The Morgan fingerprint density at radius 2 is 1.16 bits per heavy atom. The summed E-state index contributed by atoms with van der Waals surface area (Å²) in [5.74, 6) is 3.09. The van der Waals surface area contributed by atoms with Gasteiger partial charge in [0.25, 0.3) is 0 Å². The van der Waals surface area contributed by atoms with Crippen molar-refractivity contribution >= 4 is 44.6 Å². The summed E-state index contributed by atoms with van der Waals surface area (Å²) in [6, 6.07) is 61.3. The van der Waals surface area contributed by atoms with E-state index < -0.39 is 0 Å². The fourth-order valence-corrected chi connectivity index (χ4v) is 9.37. The van der Waals surface area contributed by atoms with Gasteiger partial charge in [-0.1, -0.05) is 139 Å². The van der Waals surface area contributed by atoms with Crippen LogP contribution in [0.2, 0.25) is 0 Å². The quantitative estimate of drug-likeness (QED) is 0.145. The molecular weight excluding hydrogens is 769 g/mol. The number of rotatable bonds is 9. The Morgan fingerprint density at radius 3 is 1.86 bits per heavy atom. The fraction of sp³-hybridized carbons (Fsp3) is 0.190. The van der Waals surface area contributed by atoms with Crippen molar-refractivity contribution in [1.29, 1.82) is 0 Å². The third kappa shape index (κ3) is 7.42. The van der Waals surface area contributed by atoms with Crippen molar-refractivity contribution in [3.8, 4) is 39.6 Å². The lowest BCUT2D eigenvalue weighted by Crippen LogP contribution is -2.24. The maximum absolute atomic E-state index is 7.09. The highest BCUT2D eigenvalue weighted by molar-refractivity contribution is 6.09. The molecule has 3 heterocycles. The Hall–Kier alpha value is -7.11. The zero-order valence-electron chi connectivity index (χ0n) is 37.3. The van der Waals surface area contributed by atoms with E-state index in [4.69, 9.17) is 9.72 Å². The summed E-state index contributed by atoms with van der Waals surface area (Å²) in [6.45, 7) is 16.6. The summed E-state index contributed by atoms with van der Waals surface area (Å²) in [4.78, 5) is 9.79. The van der Waals surface area contributed by atoms with Gasteiger partial charge in [-0.25, -0.2) is 4.98 Å². The van der Waals surface area contributed by atoms with Crippen LogP contribution in [-0.4, -0.2) is 16.2 Å². The maximum Gasteiger partial charge on any atom is 0.138 e. The van der Waals surface area contributed by atoms with Crippen molar-refractivity contribution in [2.75, 3.05) is 16.5 Å². The van der Waals surface area contributed by atoms with Crippen LogP contribution in [0.3, 0.4) is 0 Å². The third-order valence-electron chi connectivity index (χ3n) is 12.6. The lowest BCUT2D eigenvalue weighted by atomic mass is 9.85. The van der Waals surface area contributed by atoms with E-state index in [-0.39, 0.29) is 5.41 Å². The first-order chi connectivity index (χ1) is 30.5. The molecule has 0 N–H and O–H groups in total. The van der Waals surface area contributed by atoms with Gasteiger partial charge in [-0.15, -0.1) is 0 Å². The fourth-order valence-electron chi connectivity index (χ4n) is 9.37. The highest BCUT2D eigenvalue weighted by Gasteiger charge is 2.29. The van der Waals surface area contributed by atoms with Crippen LogP contribution in [0.25, 0.3) is 49.9 Å². The predicted molar refractivity (Wildman–Crippen MR) is 265 cm³/mol. The smallest absolute Gasteiger partial charge is 0.138 e. The second-order valence-electron chi connectivity index (χ2n) is 18.5. The molecule has 1 aliphatic rings. The number of pyridine rings is 1. The van der Waals surface area contributed by atoms with Crippen LogP contribution < -0.4 is 14.5 Å². The van der Waals surface area contributed by atoms with Crippen molar-refractivity contribution in [3.63, 3.8) is 0 Å². The van der Waals surface area contributed by atoms with Crippen molar-refractivity contribution in [1.82, 2.24) is 9.55 Å². The van der Waals surface area contributed by atoms with Crippen LogP contribution in [0.15, 0.2) is 176 Å². The molecule has 0 amide bonds. The zero-order chi connectivity index (χ0) is 43.4. The van der Waals surface area contributed by atoms with Gasteiger partial charge < -0.3 is 14.5 Å². The lowest BCUT2D eigenvalue weighted by Gasteiger charge is -2.25. The lowest BCUT2D eigenvalue weighted by molar-refractivity contribution is 0.483. The summed E-state index contributed by atoms with van der Waals surface area (Å²) in [7, 11) is 0. The average molecular weight is 823 g/mol. The second kappa shape index (κ2) is 16.0. The molecule has 0 fully saturated rings. The van der Waals surface area contributed by atoms with Crippen molar-refractivity contribution in [2.24, 2.45) is 0 Å². The summed E-state index contributed by atoms with van der Waals surface area (Å²) < 4.78 is 9.37. The average Bonchev–Trinajstić information content (AvgIpc) is 3.85. The SMILES string of the molecule is CC(C)c1cccc(C(C)C)c1-c1cc(Oc2ccc3c4ccccc4n(-c4cc(-c5ccc(C(C)(C)C)cc5)ccn4)c3c2)cc(N2CN(c3ccccc3)c3ccccc32)c1. The van der Waals surface area contributed by atoms with Crippen LogP contribution in [0, 0.1) is 0 Å². The molecule has 5 heteroatoms. The molecule has 7 aromatic carbocycles. The first-order valence-corrected chi connectivity index (χ1v) is 22.3. The Labute approximate surface area is 371 Å². The minimum absolute atomic E-state index is 0.0896. The van der Waals surface area contributed by atoms with Crippen molar-refractivity contribution < 1.29 is 4.74 Å². The van der Waals surface area contributed by atoms with Crippen LogP contribution >= 0.6 is 0 Å². The molecule has 1 aliphatic heterocycles. The number of aromatic nitrogens is 2. The van der Waals surface area contributed by atoms with E-state index in [0.717, 1.165) is 61.9 Å². The molecule has 0 saturated carbocycles. The van der Waals surface area contributed by atoms with Gasteiger partial charge in [-0.05, 0) is 123 Å². The second-order valence-corrected chi connectivity index (χ2v) is 18.5. The van der Waals surface area contributed by atoms with E-state index in [1.165, 1.54) is 38.9 Å². The van der Waals surface area contributed by atoms with Gasteiger partial charge in [0.15, 0.2) is 0 Å². The molecular formula is C58H54N4O. The topological polar surface area (TPSA) is 33.5 Å². The number of benzene rings is 7. The molecule has 0 bridgehead atoms. The first-order valence-electron chi connectivity index (χ1n) is 22.3. The van der Waals surface area contributed by atoms with Crippen LogP contribution in [-0.2, 0) is 5.41 Å². The number of anilines is 4. The van der Waals surface area contributed by atoms with E-state index in [2.05, 4.69) is 233 Å². The molecule has 0 radical (unpaired) electrons. The largest absolute Gasteiger partial charge is 0.457 e. The summed E-state index contributed by atoms with van der Waals surface area (Å²) in [5, 5.41) is 2.32. The number of para-hydroxylation sites is 4. The van der Waals surface area contributed by atoms with Gasteiger partial charge in [0, 0.05) is 40.5 Å². The van der Waals surface area contributed by atoms with Gasteiger partial charge in [0.1, 0.15) is 24.0 Å². The van der Waals surface area contributed by atoms with Gasteiger partial charge in [-0.2, -0.15) is 0 Å². The third-order valence-corrected chi connectivity index (χ3v) is 12.6. The molecule has 0 saturated heterocycles. The van der Waals surface area contributed by atoms with E-state index in [9.17, 15) is 0 Å². The molecule has 2 aromatic heterocycles. The van der Waals surface area contributed by atoms with Crippen LogP contribution in [0.1, 0.15) is 77.0 Å². The monoisotopic (exact) mass is 822 g/mol. The van der Waals surface area contributed by atoms with E-state index >= 15 is 0 Å². The minimum Gasteiger partial charge on any atom is -0.457 e. The zero-order valence-corrected chi connectivity index (χ0v) is 37.3. The summed E-state index contributed by atoms with van der Waals surface area (Å²) in [5.41, 5.74) is 15.5. The molecule has 0 atom stereocenters. The number of hydrogen-bond acceptors (Lipinski definition) is 4. The summed E-state index contributed by atoms with van der Waals surface area (Å²) >= 11 is 0. The highest BCUT2D eigenvalue weighted by atomic mass is 16.5. The normalized spacial score (nSPS) is 12.8. The number of fused-ring (bicyclic) bond motifs is 4. The molecule has 0 unspecified atom stereocenters. The molecule has 63 heavy (non-hydrogen) atoms. The van der Waals surface area contributed by atoms with Gasteiger partial charge in [0.2, 0.25) is 0 Å². The molecule has 9 aromatic rings. The highest BCUT2D eigenvalue weighted by Crippen LogP contribution is 2.47. The standard InChI is InChI=1S/C58H54N4O/c1-38(2)48-19-15-20-49(39(3)4)57(48)42-32-45(61-37-60(44-16-9-8-10-17-44)53-22-13-14-23-54(53)61)35-47(33-42)63-46-28-29-51-50-18-11-12-21-52(50)62(55(51)36-46)56-34-41(30-31-59-56)40-24-26-43(27-25-40)58(5,6)7/h8-36,38-39H,37H2,1-7H3. The Kier molecular flexibility index (Phi) is 10.1. The molecule has 0 aliphatic carbocycles.